The Bertz CT molecular complexity index is 1130. The van der Waals surface area contributed by atoms with Crippen LogP contribution in [0.4, 0.5) is 0 Å². The molecule has 0 aromatic heterocycles. The highest BCUT2D eigenvalue weighted by Gasteiger charge is 1.99. The molecule has 0 spiro atoms. The monoisotopic (exact) mass is 331 g/mol. The Balaban J connectivity index is 1.99. The maximum absolute atomic E-state index is 11.1. The summed E-state index contributed by atoms with van der Waals surface area (Å²) in [6.45, 7) is 0. The van der Waals surface area contributed by atoms with E-state index in [2.05, 4.69) is 29.8 Å². The number of nitriles is 1. The SMILES string of the molecule is N#Cc1ccccc1C#Cc1ccccc1C#Cc1ccccc1C=O. The van der Waals surface area contributed by atoms with Gasteiger partial charge in [0.15, 0.2) is 6.29 Å². The smallest absolute Gasteiger partial charge is 0.151 e. The van der Waals surface area contributed by atoms with E-state index in [9.17, 15) is 4.79 Å². The molecule has 0 saturated carbocycles. The Morgan fingerprint density at radius 3 is 1.46 bits per heavy atom. The summed E-state index contributed by atoms with van der Waals surface area (Å²) >= 11 is 0. The van der Waals surface area contributed by atoms with Crippen molar-refractivity contribution in [3.8, 4) is 29.8 Å². The van der Waals surface area contributed by atoms with Gasteiger partial charge in [-0.3, -0.25) is 4.79 Å². The topological polar surface area (TPSA) is 40.9 Å². The van der Waals surface area contributed by atoms with E-state index in [1.165, 1.54) is 0 Å². The molecule has 2 heteroatoms. The molecular weight excluding hydrogens is 318 g/mol. The highest BCUT2D eigenvalue weighted by molar-refractivity contribution is 5.79. The summed E-state index contributed by atoms with van der Waals surface area (Å²) in [6.07, 6.45) is 0.800. The highest BCUT2D eigenvalue weighted by atomic mass is 16.1. The minimum Gasteiger partial charge on any atom is -0.298 e. The summed E-state index contributed by atoms with van der Waals surface area (Å²) in [6, 6.07) is 24.1. The molecule has 0 aliphatic heterocycles. The maximum Gasteiger partial charge on any atom is 0.151 e. The zero-order valence-corrected chi connectivity index (χ0v) is 13.9. The van der Waals surface area contributed by atoms with Crippen LogP contribution in [-0.2, 0) is 0 Å². The van der Waals surface area contributed by atoms with Crippen LogP contribution in [0.5, 0.6) is 0 Å². The molecule has 0 bridgehead atoms. The molecule has 0 heterocycles. The number of rotatable bonds is 1. The van der Waals surface area contributed by atoms with Gasteiger partial charge in [-0.1, -0.05) is 66.1 Å². The number of carbonyl (C=O) groups excluding carboxylic acids is 1. The molecule has 26 heavy (non-hydrogen) atoms. The molecular formula is C24H13NO. The van der Waals surface area contributed by atoms with E-state index >= 15 is 0 Å². The van der Waals surface area contributed by atoms with Crippen molar-refractivity contribution in [1.29, 1.82) is 5.26 Å². The number of nitrogens with zero attached hydrogens (tertiary/aromatic N) is 1. The van der Waals surface area contributed by atoms with Gasteiger partial charge >= 0.3 is 0 Å². The van der Waals surface area contributed by atoms with Crippen LogP contribution in [-0.4, -0.2) is 6.29 Å². The van der Waals surface area contributed by atoms with Crippen molar-refractivity contribution in [3.05, 3.63) is 106 Å². The van der Waals surface area contributed by atoms with E-state index in [0.29, 0.717) is 22.3 Å². The first-order chi connectivity index (χ1) is 12.8. The third-order valence-electron chi connectivity index (χ3n) is 3.73. The molecule has 0 N–H and O–H groups in total. The molecule has 3 rings (SSSR count). The average molecular weight is 331 g/mol. The molecule has 0 unspecified atom stereocenters. The molecule has 0 amide bonds. The van der Waals surface area contributed by atoms with Crippen molar-refractivity contribution in [3.63, 3.8) is 0 Å². The predicted molar refractivity (Wildman–Crippen MR) is 101 cm³/mol. The molecule has 2 nitrogen and oxygen atoms in total. The zero-order chi connectivity index (χ0) is 18.2. The summed E-state index contributed by atoms with van der Waals surface area (Å²) in [7, 11) is 0. The van der Waals surface area contributed by atoms with Crippen LogP contribution in [0.3, 0.4) is 0 Å². The fraction of sp³-hybridized carbons (Fsp3) is 0. The molecule has 0 saturated heterocycles. The van der Waals surface area contributed by atoms with E-state index in [1.807, 2.05) is 54.6 Å². The van der Waals surface area contributed by atoms with Gasteiger partial charge in [0.2, 0.25) is 0 Å². The first-order valence-electron chi connectivity index (χ1n) is 7.98. The average Bonchev–Trinajstić information content (AvgIpc) is 2.71. The maximum atomic E-state index is 11.1. The molecule has 0 aliphatic carbocycles. The van der Waals surface area contributed by atoms with Crippen molar-refractivity contribution in [2.45, 2.75) is 0 Å². The van der Waals surface area contributed by atoms with E-state index < -0.39 is 0 Å². The third kappa shape index (κ3) is 3.88. The normalized spacial score (nSPS) is 9.04. The lowest BCUT2D eigenvalue weighted by molar-refractivity contribution is 0.112. The van der Waals surface area contributed by atoms with E-state index in [0.717, 1.165) is 17.4 Å². The van der Waals surface area contributed by atoms with Crippen molar-refractivity contribution in [2.75, 3.05) is 0 Å². The Kier molecular flexibility index (Phi) is 5.27. The van der Waals surface area contributed by atoms with Crippen LogP contribution >= 0.6 is 0 Å². The third-order valence-corrected chi connectivity index (χ3v) is 3.73. The van der Waals surface area contributed by atoms with Crippen LogP contribution in [0.1, 0.15) is 38.2 Å². The van der Waals surface area contributed by atoms with Crippen molar-refractivity contribution in [1.82, 2.24) is 0 Å². The molecule has 120 valence electrons. The number of hydrogen-bond donors (Lipinski definition) is 0. The van der Waals surface area contributed by atoms with Crippen LogP contribution in [0, 0.1) is 35.0 Å². The largest absolute Gasteiger partial charge is 0.298 e. The first kappa shape index (κ1) is 16.8. The van der Waals surface area contributed by atoms with Crippen LogP contribution in [0.2, 0.25) is 0 Å². The van der Waals surface area contributed by atoms with Gasteiger partial charge in [0.05, 0.1) is 5.56 Å². The Labute approximate surface area is 152 Å². The van der Waals surface area contributed by atoms with Crippen molar-refractivity contribution < 1.29 is 4.79 Å². The Morgan fingerprint density at radius 1 is 0.577 bits per heavy atom. The summed E-state index contributed by atoms with van der Waals surface area (Å²) < 4.78 is 0. The van der Waals surface area contributed by atoms with E-state index in [1.54, 1.807) is 18.2 Å². The van der Waals surface area contributed by atoms with Crippen molar-refractivity contribution >= 4 is 6.29 Å². The van der Waals surface area contributed by atoms with Gasteiger partial charge in [-0.05, 0) is 30.3 Å². The van der Waals surface area contributed by atoms with Gasteiger partial charge < -0.3 is 0 Å². The lowest BCUT2D eigenvalue weighted by Gasteiger charge is -1.97. The molecule has 0 fully saturated rings. The summed E-state index contributed by atoms with van der Waals surface area (Å²) in [5.41, 5.74) is 4.02. The quantitative estimate of drug-likeness (QED) is 0.496. The van der Waals surface area contributed by atoms with Crippen LogP contribution < -0.4 is 0 Å². The van der Waals surface area contributed by atoms with Gasteiger partial charge in [-0.15, -0.1) is 0 Å². The second-order valence-electron chi connectivity index (χ2n) is 5.41. The van der Waals surface area contributed by atoms with Crippen LogP contribution in [0.15, 0.2) is 72.8 Å². The van der Waals surface area contributed by atoms with Gasteiger partial charge in [0.1, 0.15) is 6.07 Å². The summed E-state index contributed by atoms with van der Waals surface area (Å²) in [4.78, 5) is 11.1. The van der Waals surface area contributed by atoms with E-state index in [-0.39, 0.29) is 0 Å². The lowest BCUT2D eigenvalue weighted by Crippen LogP contribution is -1.87. The second-order valence-corrected chi connectivity index (χ2v) is 5.41. The molecule has 0 aliphatic rings. The zero-order valence-electron chi connectivity index (χ0n) is 13.9. The van der Waals surface area contributed by atoms with Crippen LogP contribution in [0.25, 0.3) is 0 Å². The van der Waals surface area contributed by atoms with Crippen molar-refractivity contribution in [2.24, 2.45) is 0 Å². The molecule has 3 aromatic carbocycles. The standard InChI is InChI=1S/C24H13NO/c25-17-23-11-5-3-9-21(23)15-13-19-7-1-2-8-20(19)14-16-22-10-4-6-12-24(22)18-26/h1-12,18H. The highest BCUT2D eigenvalue weighted by Crippen LogP contribution is 2.10. The summed E-state index contributed by atoms with van der Waals surface area (Å²) in [5.74, 6) is 12.3. The minimum atomic E-state index is 0.545. The van der Waals surface area contributed by atoms with Gasteiger partial charge in [-0.25, -0.2) is 0 Å². The first-order valence-corrected chi connectivity index (χ1v) is 7.98. The van der Waals surface area contributed by atoms with Gasteiger partial charge in [0.25, 0.3) is 0 Å². The van der Waals surface area contributed by atoms with Gasteiger partial charge in [0, 0.05) is 27.8 Å². The molecule has 0 radical (unpaired) electrons. The number of carbonyl (C=O) groups is 1. The number of benzene rings is 3. The lowest BCUT2D eigenvalue weighted by atomic mass is 10.0. The molecule has 3 aromatic rings. The number of hydrogen-bond acceptors (Lipinski definition) is 2. The van der Waals surface area contributed by atoms with Gasteiger partial charge in [-0.2, -0.15) is 5.26 Å². The Hall–Kier alpha value is -4.06. The predicted octanol–water partition coefficient (Wildman–Crippen LogP) is 4.17. The second kappa shape index (κ2) is 8.16. The fourth-order valence-electron chi connectivity index (χ4n) is 2.37. The summed E-state index contributed by atoms with van der Waals surface area (Å²) in [5, 5.41) is 9.16. The fourth-order valence-corrected chi connectivity index (χ4v) is 2.37. The molecule has 0 atom stereocenters. The Morgan fingerprint density at radius 2 is 0.962 bits per heavy atom. The van der Waals surface area contributed by atoms with E-state index in [4.69, 9.17) is 5.26 Å². The number of aldehydes is 1. The minimum absolute atomic E-state index is 0.545.